The molecule has 2 heterocycles. The molecular formula is C18H24N4O3. The lowest BCUT2D eigenvalue weighted by atomic mass is 10.0. The van der Waals surface area contributed by atoms with E-state index in [9.17, 15) is 9.59 Å². The average molecular weight is 344 g/mol. The molecule has 0 aliphatic heterocycles. The lowest BCUT2D eigenvalue weighted by Gasteiger charge is -2.10. The molecule has 0 unspecified atom stereocenters. The molecule has 2 rings (SSSR count). The van der Waals surface area contributed by atoms with Gasteiger partial charge < -0.3 is 10.1 Å². The number of aryl methyl sites for hydroxylation is 2. The minimum absolute atomic E-state index is 0.170. The third kappa shape index (κ3) is 4.23. The highest BCUT2D eigenvalue weighted by Gasteiger charge is 2.19. The van der Waals surface area contributed by atoms with Crippen LogP contribution in [-0.2, 0) is 16.6 Å². The molecule has 0 bridgehead atoms. The summed E-state index contributed by atoms with van der Waals surface area (Å²) in [4.78, 5) is 28.3. The van der Waals surface area contributed by atoms with E-state index in [1.807, 2.05) is 33.9 Å². The maximum Gasteiger partial charge on any atom is 0.330 e. The topological polar surface area (TPSA) is 86.1 Å². The highest BCUT2D eigenvalue weighted by molar-refractivity contribution is 6.06. The molecule has 0 saturated carbocycles. The van der Waals surface area contributed by atoms with Crippen molar-refractivity contribution in [2.75, 3.05) is 13.7 Å². The normalized spacial score (nSPS) is 11.4. The Morgan fingerprint density at radius 3 is 2.76 bits per heavy atom. The highest BCUT2D eigenvalue weighted by atomic mass is 16.5. The van der Waals surface area contributed by atoms with Gasteiger partial charge in [0.1, 0.15) is 0 Å². The first-order valence-corrected chi connectivity index (χ1v) is 8.22. The zero-order valence-corrected chi connectivity index (χ0v) is 15.3. The maximum absolute atomic E-state index is 12.7. The smallest absolute Gasteiger partial charge is 0.330 e. The zero-order valence-electron chi connectivity index (χ0n) is 15.3. The summed E-state index contributed by atoms with van der Waals surface area (Å²) in [5.74, 6) is -0.374. The lowest BCUT2D eigenvalue weighted by molar-refractivity contribution is -0.134. The number of aromatic nitrogens is 3. The second-order valence-electron chi connectivity index (χ2n) is 6.13. The molecular weight excluding hydrogens is 320 g/mol. The molecule has 2 aromatic rings. The van der Waals surface area contributed by atoms with Crippen molar-refractivity contribution in [2.24, 2.45) is 7.05 Å². The molecule has 0 aliphatic carbocycles. The van der Waals surface area contributed by atoms with E-state index < -0.39 is 5.97 Å². The molecule has 0 atom stereocenters. The van der Waals surface area contributed by atoms with Crippen LogP contribution in [0.2, 0.25) is 0 Å². The second kappa shape index (κ2) is 7.92. The van der Waals surface area contributed by atoms with E-state index in [1.165, 1.54) is 13.2 Å². The van der Waals surface area contributed by atoms with Gasteiger partial charge in [0, 0.05) is 25.4 Å². The standard InChI is InChI=1S/C18H24N4O3/c1-11(2)14-10-13(16-12(3)21-22(4)17(16)20-14)18(24)19-9-7-6-8-15(23)25-5/h6,8,10-11H,7,9H2,1-5H3,(H,19,24)/b8-6+. The Morgan fingerprint density at radius 2 is 2.12 bits per heavy atom. The van der Waals surface area contributed by atoms with Crippen LogP contribution in [0.1, 0.15) is 47.9 Å². The number of hydrogen-bond acceptors (Lipinski definition) is 5. The molecule has 1 amide bonds. The second-order valence-corrected chi connectivity index (χ2v) is 6.13. The molecule has 1 N–H and O–H groups in total. The summed E-state index contributed by atoms with van der Waals surface area (Å²) in [6.07, 6.45) is 3.56. The summed E-state index contributed by atoms with van der Waals surface area (Å²) < 4.78 is 6.22. The van der Waals surface area contributed by atoms with E-state index in [0.717, 1.165) is 16.8 Å². The Balaban J connectivity index is 2.22. The number of carbonyl (C=O) groups excluding carboxylic acids is 2. The van der Waals surface area contributed by atoms with Crippen molar-refractivity contribution in [2.45, 2.75) is 33.1 Å². The Hall–Kier alpha value is -2.70. The molecule has 0 aliphatic rings. The molecule has 0 aromatic carbocycles. The lowest BCUT2D eigenvalue weighted by Crippen LogP contribution is -2.25. The number of amides is 1. The summed E-state index contributed by atoms with van der Waals surface area (Å²) in [5.41, 5.74) is 2.91. The van der Waals surface area contributed by atoms with E-state index in [4.69, 9.17) is 0 Å². The summed E-state index contributed by atoms with van der Waals surface area (Å²) in [6, 6.07) is 1.83. The number of nitrogens with zero attached hydrogens (tertiary/aromatic N) is 3. The first-order chi connectivity index (χ1) is 11.8. The predicted molar refractivity (Wildman–Crippen MR) is 95.4 cm³/mol. The molecule has 0 saturated heterocycles. The first kappa shape index (κ1) is 18.6. The number of carbonyl (C=O) groups is 2. The van der Waals surface area contributed by atoms with Crippen molar-refractivity contribution in [3.8, 4) is 0 Å². The molecule has 25 heavy (non-hydrogen) atoms. The number of hydrogen-bond donors (Lipinski definition) is 1. The van der Waals surface area contributed by atoms with Crippen molar-refractivity contribution in [3.05, 3.63) is 35.2 Å². The van der Waals surface area contributed by atoms with E-state index >= 15 is 0 Å². The summed E-state index contributed by atoms with van der Waals surface area (Å²) >= 11 is 0. The van der Waals surface area contributed by atoms with Gasteiger partial charge in [0.15, 0.2) is 5.65 Å². The Morgan fingerprint density at radius 1 is 1.40 bits per heavy atom. The average Bonchev–Trinajstić information content (AvgIpc) is 2.87. The monoisotopic (exact) mass is 344 g/mol. The third-order valence-corrected chi connectivity index (χ3v) is 3.88. The van der Waals surface area contributed by atoms with Gasteiger partial charge in [0.25, 0.3) is 5.91 Å². The number of nitrogens with one attached hydrogen (secondary N) is 1. The fourth-order valence-electron chi connectivity index (χ4n) is 2.55. The van der Waals surface area contributed by atoms with Gasteiger partial charge in [-0.3, -0.25) is 9.48 Å². The fraction of sp³-hybridized carbons (Fsp3) is 0.444. The van der Waals surface area contributed by atoms with Crippen LogP contribution in [0.4, 0.5) is 0 Å². The van der Waals surface area contributed by atoms with Gasteiger partial charge in [-0.25, -0.2) is 9.78 Å². The van der Waals surface area contributed by atoms with Crippen LogP contribution in [0.5, 0.6) is 0 Å². The fourth-order valence-corrected chi connectivity index (χ4v) is 2.55. The van der Waals surface area contributed by atoms with Crippen molar-refractivity contribution in [1.82, 2.24) is 20.1 Å². The summed E-state index contributed by atoms with van der Waals surface area (Å²) in [5, 5.41) is 8.03. The Bertz CT molecular complexity index is 821. The molecule has 0 radical (unpaired) electrons. The van der Waals surface area contributed by atoms with Crippen LogP contribution in [0, 0.1) is 6.92 Å². The van der Waals surface area contributed by atoms with E-state index in [1.54, 1.807) is 10.8 Å². The van der Waals surface area contributed by atoms with E-state index in [-0.39, 0.29) is 11.8 Å². The number of rotatable bonds is 6. The van der Waals surface area contributed by atoms with Crippen LogP contribution in [-0.4, -0.2) is 40.3 Å². The SMILES string of the molecule is COC(=O)/C=C/CCNC(=O)c1cc(C(C)C)nc2c1c(C)nn2C. The van der Waals surface area contributed by atoms with Gasteiger partial charge in [-0.2, -0.15) is 5.10 Å². The van der Waals surface area contributed by atoms with E-state index in [2.05, 4.69) is 20.1 Å². The largest absolute Gasteiger partial charge is 0.466 e. The molecule has 0 spiro atoms. The summed E-state index contributed by atoms with van der Waals surface area (Å²) in [7, 11) is 3.15. The number of methoxy groups -OCH3 is 1. The Kier molecular flexibility index (Phi) is 5.90. The van der Waals surface area contributed by atoms with Crippen molar-refractivity contribution >= 4 is 22.9 Å². The minimum Gasteiger partial charge on any atom is -0.466 e. The molecule has 134 valence electrons. The van der Waals surface area contributed by atoms with Crippen LogP contribution in [0.15, 0.2) is 18.2 Å². The van der Waals surface area contributed by atoms with Crippen LogP contribution < -0.4 is 5.32 Å². The van der Waals surface area contributed by atoms with E-state index in [0.29, 0.717) is 24.2 Å². The molecule has 0 fully saturated rings. The van der Waals surface area contributed by atoms with Crippen LogP contribution in [0.25, 0.3) is 11.0 Å². The number of pyridine rings is 1. The first-order valence-electron chi connectivity index (χ1n) is 8.22. The van der Waals surface area contributed by atoms with Gasteiger partial charge in [0.05, 0.1) is 23.8 Å². The third-order valence-electron chi connectivity index (χ3n) is 3.88. The van der Waals surface area contributed by atoms with Gasteiger partial charge in [-0.05, 0) is 25.3 Å². The van der Waals surface area contributed by atoms with Gasteiger partial charge >= 0.3 is 5.97 Å². The quantitative estimate of drug-likeness (QED) is 0.493. The van der Waals surface area contributed by atoms with Crippen LogP contribution in [0.3, 0.4) is 0 Å². The van der Waals surface area contributed by atoms with Gasteiger partial charge in [-0.1, -0.05) is 19.9 Å². The minimum atomic E-state index is -0.408. The number of ether oxygens (including phenoxy) is 1. The van der Waals surface area contributed by atoms with Crippen molar-refractivity contribution in [1.29, 1.82) is 0 Å². The van der Waals surface area contributed by atoms with Crippen molar-refractivity contribution < 1.29 is 14.3 Å². The molecule has 7 nitrogen and oxygen atoms in total. The predicted octanol–water partition coefficient (Wildman–Crippen LogP) is 2.25. The number of esters is 1. The molecule has 7 heteroatoms. The van der Waals surface area contributed by atoms with Crippen LogP contribution >= 0.6 is 0 Å². The number of fused-ring (bicyclic) bond motifs is 1. The zero-order chi connectivity index (χ0) is 18.6. The van der Waals surface area contributed by atoms with Gasteiger partial charge in [-0.15, -0.1) is 0 Å². The maximum atomic E-state index is 12.7. The highest BCUT2D eigenvalue weighted by Crippen LogP contribution is 2.24. The molecule has 2 aromatic heterocycles. The van der Waals surface area contributed by atoms with Gasteiger partial charge in [0.2, 0.25) is 0 Å². The van der Waals surface area contributed by atoms with Crippen molar-refractivity contribution in [3.63, 3.8) is 0 Å². The summed E-state index contributed by atoms with van der Waals surface area (Å²) in [6.45, 7) is 6.37. The Labute approximate surface area is 147 Å².